The van der Waals surface area contributed by atoms with Crippen LogP contribution in [-0.2, 0) is 0 Å². The Labute approximate surface area is 90.1 Å². The molecule has 1 amide bonds. The number of amides is 1. The lowest BCUT2D eigenvalue weighted by Crippen LogP contribution is -2.16. The molecule has 0 spiro atoms. The lowest BCUT2D eigenvalue weighted by molar-refractivity contribution is 0.211. The van der Waals surface area contributed by atoms with Gasteiger partial charge >= 0.3 is 6.09 Å². The van der Waals surface area contributed by atoms with Gasteiger partial charge in [-0.2, -0.15) is 0 Å². The molecule has 16 heavy (non-hydrogen) atoms. The van der Waals surface area contributed by atoms with Crippen molar-refractivity contribution in [2.45, 2.75) is 0 Å². The van der Waals surface area contributed by atoms with Gasteiger partial charge < -0.3 is 15.6 Å². The predicted octanol–water partition coefficient (Wildman–Crippen LogP) is 2.14. The van der Waals surface area contributed by atoms with Crippen LogP contribution >= 0.6 is 0 Å². The quantitative estimate of drug-likeness (QED) is 0.774. The summed E-state index contributed by atoms with van der Waals surface area (Å²) in [5.74, 6) is -1.03. The minimum absolute atomic E-state index is 0.181. The van der Waals surface area contributed by atoms with Gasteiger partial charge in [-0.1, -0.05) is 12.1 Å². The highest BCUT2D eigenvalue weighted by Crippen LogP contribution is 2.33. The molecule has 0 aromatic heterocycles. The highest BCUT2D eigenvalue weighted by molar-refractivity contribution is 5.94. The molecule has 5 heteroatoms. The summed E-state index contributed by atoms with van der Waals surface area (Å²) in [5.41, 5.74) is 4.89. The summed E-state index contributed by atoms with van der Waals surface area (Å²) in [4.78, 5) is 10.6. The van der Waals surface area contributed by atoms with Crippen molar-refractivity contribution in [2.24, 2.45) is 5.73 Å². The Hall–Kier alpha value is -2.30. The summed E-state index contributed by atoms with van der Waals surface area (Å²) in [5, 5.41) is 10.1. The number of hydrogen-bond acceptors (Lipinski definition) is 3. The van der Waals surface area contributed by atoms with E-state index < -0.39 is 17.7 Å². The van der Waals surface area contributed by atoms with Gasteiger partial charge in [-0.3, -0.25) is 0 Å². The van der Waals surface area contributed by atoms with Gasteiger partial charge in [0.25, 0.3) is 0 Å². The van der Waals surface area contributed by atoms with E-state index in [9.17, 15) is 14.3 Å². The molecule has 0 heterocycles. The number of ether oxygens (including phenoxy) is 1. The molecule has 0 radical (unpaired) electrons. The maximum atomic E-state index is 13.1. The average molecular weight is 221 g/mol. The number of aromatic hydroxyl groups is 1. The third kappa shape index (κ3) is 1.63. The van der Waals surface area contributed by atoms with E-state index in [1.807, 2.05) is 0 Å². The number of primary amides is 1. The van der Waals surface area contributed by atoms with Crippen molar-refractivity contribution in [3.8, 4) is 11.5 Å². The molecule has 82 valence electrons. The van der Waals surface area contributed by atoms with Crippen LogP contribution in [0.15, 0.2) is 30.3 Å². The molecule has 2 aromatic carbocycles. The third-order valence-corrected chi connectivity index (χ3v) is 2.15. The standard InChI is InChI=1S/C11H8FNO3/c12-8-5-4-6-7(10(8)14)2-1-3-9(6)16-11(13)15/h1-5,14H,(H2,13,15). The number of fused-ring (bicyclic) bond motifs is 1. The molecule has 0 saturated carbocycles. The SMILES string of the molecule is NC(=O)Oc1cccc2c(O)c(F)ccc12. The molecule has 0 fully saturated rings. The summed E-state index contributed by atoms with van der Waals surface area (Å²) in [7, 11) is 0. The molecule has 0 aliphatic heterocycles. The minimum Gasteiger partial charge on any atom is -0.504 e. The molecule has 0 aliphatic rings. The highest BCUT2D eigenvalue weighted by Gasteiger charge is 2.10. The molecule has 3 N–H and O–H groups in total. The molecule has 0 atom stereocenters. The Morgan fingerprint density at radius 2 is 2.00 bits per heavy atom. The van der Waals surface area contributed by atoms with E-state index in [0.29, 0.717) is 5.39 Å². The normalized spacial score (nSPS) is 10.3. The number of halogens is 1. The minimum atomic E-state index is -0.962. The van der Waals surface area contributed by atoms with Crippen LogP contribution in [0.2, 0.25) is 0 Å². The second kappa shape index (κ2) is 3.69. The first-order valence-electron chi connectivity index (χ1n) is 4.47. The van der Waals surface area contributed by atoms with Crippen LogP contribution in [-0.4, -0.2) is 11.2 Å². The second-order valence-corrected chi connectivity index (χ2v) is 3.17. The van der Waals surface area contributed by atoms with Crippen LogP contribution in [0.3, 0.4) is 0 Å². The van der Waals surface area contributed by atoms with Crippen molar-refractivity contribution in [1.82, 2.24) is 0 Å². The fourth-order valence-corrected chi connectivity index (χ4v) is 1.48. The van der Waals surface area contributed by atoms with E-state index in [2.05, 4.69) is 0 Å². The van der Waals surface area contributed by atoms with Crippen LogP contribution in [0, 0.1) is 5.82 Å². The van der Waals surface area contributed by atoms with E-state index in [0.717, 1.165) is 6.07 Å². The Bertz CT molecular complexity index is 568. The van der Waals surface area contributed by atoms with Gasteiger partial charge in [-0.25, -0.2) is 9.18 Å². The summed E-state index contributed by atoms with van der Waals surface area (Å²) >= 11 is 0. The monoisotopic (exact) mass is 221 g/mol. The van der Waals surface area contributed by atoms with E-state index in [-0.39, 0.29) is 11.1 Å². The number of benzene rings is 2. The molecule has 4 nitrogen and oxygen atoms in total. The number of nitrogens with two attached hydrogens (primary N) is 1. The van der Waals surface area contributed by atoms with Gasteiger partial charge in [0.1, 0.15) is 5.75 Å². The van der Waals surface area contributed by atoms with E-state index >= 15 is 0 Å². The molecule has 0 bridgehead atoms. The zero-order valence-corrected chi connectivity index (χ0v) is 8.11. The van der Waals surface area contributed by atoms with Crippen LogP contribution in [0.1, 0.15) is 0 Å². The molecule has 0 aliphatic carbocycles. The molecular formula is C11H8FNO3. The van der Waals surface area contributed by atoms with Gasteiger partial charge in [0.05, 0.1) is 0 Å². The molecule has 2 rings (SSSR count). The summed E-state index contributed by atoms with van der Waals surface area (Å²) in [6.45, 7) is 0. The fourth-order valence-electron chi connectivity index (χ4n) is 1.48. The Kier molecular flexibility index (Phi) is 2.36. The Morgan fingerprint density at radius 3 is 2.69 bits per heavy atom. The smallest absolute Gasteiger partial charge is 0.409 e. The Morgan fingerprint density at radius 1 is 1.25 bits per heavy atom. The van der Waals surface area contributed by atoms with Crippen molar-refractivity contribution in [3.05, 3.63) is 36.1 Å². The van der Waals surface area contributed by atoms with Crippen molar-refractivity contribution < 1.29 is 19.0 Å². The van der Waals surface area contributed by atoms with Gasteiger partial charge in [-0.15, -0.1) is 0 Å². The first kappa shape index (κ1) is 10.2. The van der Waals surface area contributed by atoms with Gasteiger partial charge in [-0.05, 0) is 18.2 Å². The zero-order valence-electron chi connectivity index (χ0n) is 8.11. The van der Waals surface area contributed by atoms with E-state index in [1.165, 1.54) is 24.3 Å². The molecule has 0 saturated heterocycles. The first-order chi connectivity index (χ1) is 7.59. The van der Waals surface area contributed by atoms with Crippen LogP contribution in [0.4, 0.5) is 9.18 Å². The number of carbonyl (C=O) groups is 1. The summed E-state index contributed by atoms with van der Waals surface area (Å²) in [6.07, 6.45) is -0.962. The van der Waals surface area contributed by atoms with Crippen LogP contribution < -0.4 is 10.5 Å². The fraction of sp³-hybridized carbons (Fsp3) is 0. The largest absolute Gasteiger partial charge is 0.504 e. The number of phenols is 1. The maximum absolute atomic E-state index is 13.1. The van der Waals surface area contributed by atoms with Crippen molar-refractivity contribution >= 4 is 16.9 Å². The molecule has 2 aromatic rings. The number of carbonyl (C=O) groups excluding carboxylic acids is 1. The van der Waals surface area contributed by atoms with Crippen molar-refractivity contribution in [3.63, 3.8) is 0 Å². The molecular weight excluding hydrogens is 213 g/mol. The lowest BCUT2D eigenvalue weighted by atomic mass is 10.1. The predicted molar refractivity (Wildman–Crippen MR) is 55.8 cm³/mol. The third-order valence-electron chi connectivity index (χ3n) is 2.15. The van der Waals surface area contributed by atoms with Crippen LogP contribution in [0.5, 0.6) is 11.5 Å². The number of phenolic OH excluding ortho intramolecular Hbond substituents is 1. The lowest BCUT2D eigenvalue weighted by Gasteiger charge is -2.07. The average Bonchev–Trinajstić information content (AvgIpc) is 2.23. The van der Waals surface area contributed by atoms with E-state index in [1.54, 1.807) is 0 Å². The molecule has 0 unspecified atom stereocenters. The zero-order chi connectivity index (χ0) is 11.7. The second-order valence-electron chi connectivity index (χ2n) is 3.17. The number of rotatable bonds is 1. The van der Waals surface area contributed by atoms with Crippen molar-refractivity contribution in [1.29, 1.82) is 0 Å². The topological polar surface area (TPSA) is 72.6 Å². The highest BCUT2D eigenvalue weighted by atomic mass is 19.1. The van der Waals surface area contributed by atoms with E-state index in [4.69, 9.17) is 10.5 Å². The number of hydrogen-bond donors (Lipinski definition) is 2. The summed E-state index contributed by atoms with van der Waals surface area (Å²) < 4.78 is 17.8. The van der Waals surface area contributed by atoms with Crippen LogP contribution in [0.25, 0.3) is 10.8 Å². The first-order valence-corrected chi connectivity index (χ1v) is 4.47. The van der Waals surface area contributed by atoms with Crippen molar-refractivity contribution in [2.75, 3.05) is 0 Å². The van der Waals surface area contributed by atoms with Gasteiger partial charge in [0, 0.05) is 10.8 Å². The van der Waals surface area contributed by atoms with Gasteiger partial charge in [0.15, 0.2) is 11.6 Å². The van der Waals surface area contributed by atoms with Gasteiger partial charge in [0.2, 0.25) is 0 Å². The Balaban J connectivity index is 2.69. The maximum Gasteiger partial charge on any atom is 0.409 e. The summed E-state index contributed by atoms with van der Waals surface area (Å²) in [6, 6.07) is 7.04.